The minimum atomic E-state index is 0.604. The Morgan fingerprint density at radius 3 is 0.744 bits per heavy atom. The molecule has 5 aromatic carbocycles. The van der Waals surface area contributed by atoms with Gasteiger partial charge in [-0.05, 0) is 279 Å². The van der Waals surface area contributed by atoms with Crippen molar-refractivity contribution in [3.8, 4) is 59.2 Å². The van der Waals surface area contributed by atoms with Crippen LogP contribution in [0, 0.1) is 118 Å². The second kappa shape index (κ2) is 44.0. The first-order chi connectivity index (χ1) is 43.8. The molecule has 0 nitrogen and oxygen atoms in total. The van der Waals surface area contributed by atoms with Crippen molar-refractivity contribution in [3.05, 3.63) is 174 Å². The first-order valence-electron chi connectivity index (χ1n) is 35.2. The Bertz CT molecular complexity index is 3060. The highest BCUT2D eigenvalue weighted by molar-refractivity contribution is 6.31. The van der Waals surface area contributed by atoms with E-state index in [0.29, 0.717) is 29.6 Å². The van der Waals surface area contributed by atoms with E-state index in [0.717, 1.165) is 82.5 Å². The topological polar surface area (TPSA) is 0 Å². The van der Waals surface area contributed by atoms with Crippen molar-refractivity contribution in [1.82, 2.24) is 0 Å². The number of hydrogen-bond acceptors (Lipinski definition) is 0. The highest BCUT2D eigenvalue weighted by atomic mass is 35.5. The molecule has 0 amide bonds. The maximum atomic E-state index is 5.88. The summed E-state index contributed by atoms with van der Waals surface area (Å²) in [6.07, 6.45) is 40.2. The Hall–Kier alpha value is -4.65. The van der Waals surface area contributed by atoms with E-state index >= 15 is 0 Å². The zero-order chi connectivity index (χ0) is 64.0. The van der Waals surface area contributed by atoms with Crippen LogP contribution in [-0.4, -0.2) is 0 Å². The fraction of sp³-hybridized carbons (Fsp3) is 0.529. The van der Waals surface area contributed by atoms with Gasteiger partial charge in [0.2, 0.25) is 0 Å². The van der Waals surface area contributed by atoms with Crippen LogP contribution in [0.5, 0.6) is 0 Å². The van der Waals surface area contributed by atoms with Crippen molar-refractivity contribution >= 4 is 58.0 Å². The van der Waals surface area contributed by atoms with E-state index in [1.807, 2.05) is 121 Å². The second-order valence-corrected chi connectivity index (χ2v) is 28.7. The van der Waals surface area contributed by atoms with Crippen LogP contribution >= 0.6 is 58.0 Å². The Kier molecular flexibility index (Phi) is 36.4. The van der Waals surface area contributed by atoms with Gasteiger partial charge in [-0.2, -0.15) is 0 Å². The molecule has 0 N–H and O–H groups in total. The molecule has 5 heteroatoms. The van der Waals surface area contributed by atoms with Crippen LogP contribution < -0.4 is 0 Å². The summed E-state index contributed by atoms with van der Waals surface area (Å²) in [4.78, 5) is 0. The first-order valence-corrected chi connectivity index (χ1v) is 37.1. The van der Waals surface area contributed by atoms with E-state index in [1.165, 1.54) is 193 Å². The number of halogens is 5. The van der Waals surface area contributed by atoms with Gasteiger partial charge in [-0.15, -0.1) is 0 Å². The van der Waals surface area contributed by atoms with Gasteiger partial charge in [-0.25, -0.2) is 0 Å². The predicted octanol–water partition coefficient (Wildman–Crippen LogP) is 26.5. The molecule has 0 aliphatic heterocycles. The van der Waals surface area contributed by atoms with Crippen LogP contribution in [0.2, 0.25) is 25.1 Å². The lowest BCUT2D eigenvalue weighted by atomic mass is 9.80. The normalized spacial score (nSPS) is 23.2. The fourth-order valence-corrected chi connectivity index (χ4v) is 13.7. The molecule has 5 saturated carbocycles. The highest BCUT2D eigenvalue weighted by Crippen LogP contribution is 2.35. The largest absolute Gasteiger partial charge is 0.0945 e. The average Bonchev–Trinajstić information content (AvgIpc) is 3.79. The molecule has 90 heavy (non-hydrogen) atoms. The summed E-state index contributed by atoms with van der Waals surface area (Å²) in [5, 5.41) is 3.89. The summed E-state index contributed by atoms with van der Waals surface area (Å²) in [6, 6.07) is 39.0. The smallest absolute Gasteiger partial charge is 0.0406 e. The minimum Gasteiger partial charge on any atom is -0.0945 e. The zero-order valence-corrected chi connectivity index (χ0v) is 59.2. The third-order valence-electron chi connectivity index (χ3n) is 19.2. The molecule has 5 aliphatic carbocycles. The van der Waals surface area contributed by atoms with E-state index in [1.54, 1.807) is 0 Å². The number of hydrogen-bond donors (Lipinski definition) is 0. The summed E-state index contributed by atoms with van der Waals surface area (Å²) >= 11 is 29.3. The highest BCUT2D eigenvalue weighted by Gasteiger charge is 2.22. The van der Waals surface area contributed by atoms with Crippen LogP contribution in [-0.2, 0) is 0 Å². The summed E-state index contributed by atoms with van der Waals surface area (Å²) < 4.78 is 0. The van der Waals surface area contributed by atoms with Crippen molar-refractivity contribution in [3.63, 3.8) is 0 Å². The van der Waals surface area contributed by atoms with E-state index < -0.39 is 0 Å². The molecule has 5 aliphatic rings. The third-order valence-corrected chi connectivity index (χ3v) is 20.4. The quantitative estimate of drug-likeness (QED) is 0.0966. The van der Waals surface area contributed by atoms with Gasteiger partial charge in [0.05, 0.1) is 0 Å². The Balaban J connectivity index is 0.000000179. The van der Waals surface area contributed by atoms with Crippen LogP contribution in [0.25, 0.3) is 0 Å². The van der Waals surface area contributed by atoms with Gasteiger partial charge in [-0.3, -0.25) is 0 Å². The van der Waals surface area contributed by atoms with Crippen molar-refractivity contribution in [1.29, 1.82) is 0 Å². The number of rotatable bonds is 10. The molecule has 480 valence electrons. The molecule has 0 radical (unpaired) electrons. The number of unbranched alkanes of at least 4 members (excludes halogenated alkanes) is 3. The SMILES string of the molecule is CC1CCC(C#Cc2ccc(Cl)cc2)CC1.CCC1CCC(C#Cc2ccc(Cl)cc2)CC1.CCCC1CCC(C#Cc2ccc(Cl)cc2)CC1.CCCCC1CCC(C#Cc2ccc(Cl)cc2)CC1.CCCCCC1CCC(C#Cc2ccc(Cl)cc2)CC1. The molecule has 0 atom stereocenters. The van der Waals surface area contributed by atoms with E-state index in [-0.39, 0.29) is 0 Å². The second-order valence-electron chi connectivity index (χ2n) is 26.5. The van der Waals surface area contributed by atoms with Gasteiger partial charge in [0.25, 0.3) is 0 Å². The fourth-order valence-electron chi connectivity index (χ4n) is 13.1. The van der Waals surface area contributed by atoms with Crippen LogP contribution in [0.4, 0.5) is 0 Å². The van der Waals surface area contributed by atoms with Gasteiger partial charge >= 0.3 is 0 Å². The summed E-state index contributed by atoms with van der Waals surface area (Å²) in [5.74, 6) is 41.3. The van der Waals surface area contributed by atoms with Gasteiger partial charge < -0.3 is 0 Å². The van der Waals surface area contributed by atoms with Crippen LogP contribution in [0.15, 0.2) is 121 Å². The van der Waals surface area contributed by atoms with E-state index in [4.69, 9.17) is 58.0 Å². The van der Waals surface area contributed by atoms with Crippen LogP contribution in [0.3, 0.4) is 0 Å². The predicted molar refractivity (Wildman–Crippen MR) is 393 cm³/mol. The summed E-state index contributed by atoms with van der Waals surface area (Å²) in [6.45, 7) is 11.5. The van der Waals surface area contributed by atoms with Gasteiger partial charge in [-0.1, -0.05) is 216 Å². The van der Waals surface area contributed by atoms with Gasteiger partial charge in [0.15, 0.2) is 0 Å². The van der Waals surface area contributed by atoms with Gasteiger partial charge in [0, 0.05) is 82.5 Å². The monoisotopic (exact) mass is 1300 g/mol. The molecule has 5 fully saturated rings. The summed E-state index contributed by atoms with van der Waals surface area (Å²) in [7, 11) is 0. The maximum absolute atomic E-state index is 5.88. The molecule has 0 heterocycles. The van der Waals surface area contributed by atoms with Crippen molar-refractivity contribution in [2.75, 3.05) is 0 Å². The molecular formula is C85H105Cl5. The minimum absolute atomic E-state index is 0.604. The van der Waals surface area contributed by atoms with Crippen molar-refractivity contribution < 1.29 is 0 Å². The lowest BCUT2D eigenvalue weighted by Crippen LogP contribution is -2.13. The lowest BCUT2D eigenvalue weighted by Gasteiger charge is -2.25. The first kappa shape index (κ1) is 74.4. The molecule has 0 saturated heterocycles. The molecule has 0 unspecified atom stereocenters. The molecule has 5 aromatic rings. The summed E-state index contributed by atoms with van der Waals surface area (Å²) in [5.41, 5.74) is 5.39. The average molecular weight is 1300 g/mol. The molecule has 0 bridgehead atoms. The van der Waals surface area contributed by atoms with E-state index in [9.17, 15) is 0 Å². The lowest BCUT2D eigenvalue weighted by molar-refractivity contribution is 0.294. The molecule has 0 spiro atoms. The van der Waals surface area contributed by atoms with Crippen molar-refractivity contribution in [2.24, 2.45) is 59.2 Å². The molecule has 0 aromatic heterocycles. The van der Waals surface area contributed by atoms with Crippen molar-refractivity contribution in [2.45, 2.75) is 227 Å². The van der Waals surface area contributed by atoms with Crippen LogP contribution in [0.1, 0.15) is 255 Å². The Morgan fingerprint density at radius 2 is 0.500 bits per heavy atom. The number of benzene rings is 5. The van der Waals surface area contributed by atoms with Gasteiger partial charge in [0.1, 0.15) is 0 Å². The molecular weight excluding hydrogens is 1200 g/mol. The zero-order valence-electron chi connectivity index (χ0n) is 55.4. The third kappa shape index (κ3) is 31.3. The molecule has 10 rings (SSSR count). The Morgan fingerprint density at radius 1 is 0.267 bits per heavy atom. The maximum Gasteiger partial charge on any atom is 0.0406 e. The van der Waals surface area contributed by atoms with E-state index in [2.05, 4.69) is 93.8 Å². The Labute approximate surface area is 573 Å². The standard InChI is InChI=1S/C19H25Cl.C18H23Cl.C17H21Cl.C16H19Cl.C15H17Cl/c1-2-3-4-5-16-6-8-17(9-7-16)10-11-18-12-14-19(20)15-13-18;1-2-3-4-15-5-7-16(8-6-15)9-10-17-11-13-18(19)14-12-17;1-2-3-14-4-6-15(7-5-14)8-9-16-10-12-17(18)13-11-16;1-2-13-3-5-14(6-4-13)7-8-15-9-11-16(17)12-10-15;1-12-2-4-13(5-3-12)6-7-14-8-10-15(16)11-9-14/h12-17H,2-9H2,1H3;11-16H,2-8H2,1H3;10-15H,2-7H2,1H3;9-14H,2-6H2,1H3;8-13H,2-5H2,1H3.